The summed E-state index contributed by atoms with van der Waals surface area (Å²) in [6, 6.07) is 13.1. The minimum Gasteiger partial charge on any atom is -0.466 e. The second kappa shape index (κ2) is 9.48. The summed E-state index contributed by atoms with van der Waals surface area (Å²) in [5.74, 6) is -0.446. The quantitative estimate of drug-likeness (QED) is 0.559. The largest absolute Gasteiger partial charge is 0.466 e. The molecular formula is C26H28ClN3O4S. The second-order valence-electron chi connectivity index (χ2n) is 9.16. The third kappa shape index (κ3) is 4.01. The van der Waals surface area contributed by atoms with Crippen LogP contribution in [-0.4, -0.2) is 54.8 Å². The molecule has 2 atom stereocenters. The van der Waals surface area contributed by atoms with Gasteiger partial charge in [0.15, 0.2) is 0 Å². The van der Waals surface area contributed by atoms with E-state index in [0.717, 1.165) is 36.2 Å². The smallest absolute Gasteiger partial charge is 0.310 e. The fraction of sp³-hybridized carbons (Fsp3) is 0.423. The van der Waals surface area contributed by atoms with Gasteiger partial charge < -0.3 is 4.74 Å². The Hall–Kier alpha value is -2.55. The average Bonchev–Trinajstić information content (AvgIpc) is 3.32. The number of aryl methyl sites for hydroxylation is 1. The molecule has 2 aromatic carbocycles. The summed E-state index contributed by atoms with van der Waals surface area (Å²) in [5.41, 5.74) is 3.11. The summed E-state index contributed by atoms with van der Waals surface area (Å²) >= 11 is 7.76. The molecule has 0 aromatic heterocycles. The molecule has 3 heterocycles. The van der Waals surface area contributed by atoms with Gasteiger partial charge in [-0.05, 0) is 57.0 Å². The predicted octanol–water partition coefficient (Wildman–Crippen LogP) is 4.16. The molecule has 2 aromatic rings. The van der Waals surface area contributed by atoms with Crippen molar-refractivity contribution in [1.29, 1.82) is 0 Å². The number of ether oxygens (including phenoxy) is 1. The maximum atomic E-state index is 14.2. The van der Waals surface area contributed by atoms with E-state index in [-0.39, 0.29) is 29.5 Å². The number of rotatable bonds is 5. The minimum absolute atomic E-state index is 0.125. The molecule has 9 heteroatoms. The molecule has 2 amide bonds. The Balaban J connectivity index is 1.49. The molecule has 7 nitrogen and oxygen atoms in total. The van der Waals surface area contributed by atoms with Crippen LogP contribution in [0.5, 0.6) is 0 Å². The van der Waals surface area contributed by atoms with Gasteiger partial charge in [0.25, 0.3) is 5.91 Å². The van der Waals surface area contributed by atoms with Crippen molar-refractivity contribution in [3.05, 3.63) is 58.6 Å². The Morgan fingerprint density at radius 2 is 2.03 bits per heavy atom. The van der Waals surface area contributed by atoms with E-state index in [2.05, 4.69) is 4.90 Å². The van der Waals surface area contributed by atoms with Crippen molar-refractivity contribution in [1.82, 2.24) is 4.90 Å². The standard InChI is InChI=1S/C26H28ClN3O4S/c1-3-34-24(32)18-7-6-12-28(14-18)16-29-22-9-5-4-8-20(22)26(25(29)33)30(23(31)15-35-26)19-11-10-17(2)21(27)13-19/h4-5,8-11,13,18H,3,6-7,12,14-16H2,1-2H3. The maximum absolute atomic E-state index is 14.2. The zero-order chi connectivity index (χ0) is 24.7. The molecule has 0 aliphatic carbocycles. The zero-order valence-electron chi connectivity index (χ0n) is 19.8. The van der Waals surface area contributed by atoms with Gasteiger partial charge in [-0.15, -0.1) is 11.8 Å². The number of nitrogens with zero attached hydrogens (tertiary/aromatic N) is 3. The molecule has 2 fully saturated rings. The van der Waals surface area contributed by atoms with Crippen molar-refractivity contribution in [2.24, 2.45) is 5.92 Å². The molecule has 184 valence electrons. The lowest BCUT2D eigenvalue weighted by atomic mass is 9.98. The zero-order valence-corrected chi connectivity index (χ0v) is 21.4. The predicted molar refractivity (Wildman–Crippen MR) is 138 cm³/mol. The number of benzene rings is 2. The number of carbonyl (C=O) groups is 3. The molecule has 3 aliphatic heterocycles. The normalized spacial score (nSPS) is 24.4. The first-order valence-electron chi connectivity index (χ1n) is 11.9. The summed E-state index contributed by atoms with van der Waals surface area (Å²) in [6.45, 7) is 5.76. The van der Waals surface area contributed by atoms with Gasteiger partial charge in [0, 0.05) is 22.8 Å². The number of thioether (sulfide) groups is 1. The van der Waals surface area contributed by atoms with Gasteiger partial charge in [-0.2, -0.15) is 0 Å². The van der Waals surface area contributed by atoms with E-state index in [1.165, 1.54) is 11.8 Å². The number of para-hydroxylation sites is 1. The van der Waals surface area contributed by atoms with Crippen LogP contribution in [0.4, 0.5) is 11.4 Å². The lowest BCUT2D eigenvalue weighted by Gasteiger charge is -2.36. The molecule has 1 spiro atoms. The van der Waals surface area contributed by atoms with E-state index in [0.29, 0.717) is 30.5 Å². The third-order valence-corrected chi connectivity index (χ3v) is 8.74. The fourth-order valence-corrected chi connectivity index (χ4v) is 6.79. The second-order valence-corrected chi connectivity index (χ2v) is 10.7. The number of esters is 1. The van der Waals surface area contributed by atoms with Crippen molar-refractivity contribution >= 4 is 52.5 Å². The van der Waals surface area contributed by atoms with E-state index < -0.39 is 4.87 Å². The number of piperidine rings is 1. The lowest BCUT2D eigenvalue weighted by Crippen LogP contribution is -2.52. The monoisotopic (exact) mass is 513 g/mol. The van der Waals surface area contributed by atoms with E-state index in [1.807, 2.05) is 50.2 Å². The van der Waals surface area contributed by atoms with E-state index in [4.69, 9.17) is 16.3 Å². The van der Waals surface area contributed by atoms with Crippen LogP contribution >= 0.6 is 23.4 Å². The number of anilines is 2. The van der Waals surface area contributed by atoms with Gasteiger partial charge in [0.05, 0.1) is 30.6 Å². The van der Waals surface area contributed by atoms with E-state index in [1.54, 1.807) is 15.9 Å². The number of hydrogen-bond donors (Lipinski definition) is 0. The molecule has 3 aliphatic rings. The highest BCUT2D eigenvalue weighted by molar-refractivity contribution is 8.02. The fourth-order valence-electron chi connectivity index (χ4n) is 5.25. The van der Waals surface area contributed by atoms with Crippen molar-refractivity contribution in [2.45, 2.75) is 31.6 Å². The highest BCUT2D eigenvalue weighted by Crippen LogP contribution is 2.55. The number of carbonyl (C=O) groups excluding carboxylic acids is 3. The van der Waals surface area contributed by atoms with Crippen LogP contribution < -0.4 is 9.80 Å². The van der Waals surface area contributed by atoms with Gasteiger partial charge in [-0.25, -0.2) is 0 Å². The first kappa shape index (κ1) is 24.2. The summed E-state index contributed by atoms with van der Waals surface area (Å²) in [6.07, 6.45) is 1.65. The first-order valence-corrected chi connectivity index (χ1v) is 13.3. The molecule has 2 saturated heterocycles. The van der Waals surface area contributed by atoms with Gasteiger partial charge in [-0.1, -0.05) is 35.9 Å². The third-order valence-electron chi connectivity index (χ3n) is 6.94. The number of fused-ring (bicyclic) bond motifs is 2. The SMILES string of the molecule is CCOC(=O)C1CCCN(CN2C(=O)C3(SCC(=O)N3c3ccc(C)c(Cl)c3)c3ccccc32)C1. The van der Waals surface area contributed by atoms with Gasteiger partial charge in [0.2, 0.25) is 10.8 Å². The molecular weight excluding hydrogens is 486 g/mol. The van der Waals surface area contributed by atoms with Gasteiger partial charge >= 0.3 is 5.97 Å². The number of amides is 2. The summed E-state index contributed by atoms with van der Waals surface area (Å²) in [4.78, 5) is 44.1. The Kier molecular flexibility index (Phi) is 6.55. The van der Waals surface area contributed by atoms with Crippen LogP contribution in [0.1, 0.15) is 30.9 Å². The number of likely N-dealkylation sites (tertiary alicyclic amines) is 1. The highest BCUT2D eigenvalue weighted by atomic mass is 35.5. The number of hydrogen-bond acceptors (Lipinski definition) is 6. The Morgan fingerprint density at radius 1 is 1.23 bits per heavy atom. The molecule has 35 heavy (non-hydrogen) atoms. The van der Waals surface area contributed by atoms with Crippen LogP contribution in [0, 0.1) is 12.8 Å². The average molecular weight is 514 g/mol. The molecule has 0 bridgehead atoms. The molecule has 5 rings (SSSR count). The minimum atomic E-state index is -1.18. The molecule has 0 N–H and O–H groups in total. The van der Waals surface area contributed by atoms with Gasteiger partial charge in [-0.3, -0.25) is 29.1 Å². The summed E-state index contributed by atoms with van der Waals surface area (Å²) < 4.78 is 5.24. The van der Waals surface area contributed by atoms with Crippen LogP contribution in [-0.2, 0) is 24.0 Å². The molecule has 0 saturated carbocycles. The topological polar surface area (TPSA) is 70.2 Å². The van der Waals surface area contributed by atoms with Crippen molar-refractivity contribution < 1.29 is 19.1 Å². The van der Waals surface area contributed by atoms with Crippen molar-refractivity contribution in [3.63, 3.8) is 0 Å². The van der Waals surface area contributed by atoms with Crippen molar-refractivity contribution in [3.8, 4) is 0 Å². The van der Waals surface area contributed by atoms with E-state index >= 15 is 0 Å². The Bertz CT molecular complexity index is 1190. The van der Waals surface area contributed by atoms with Crippen LogP contribution in [0.25, 0.3) is 0 Å². The molecule has 0 radical (unpaired) electrons. The lowest BCUT2D eigenvalue weighted by molar-refractivity contribution is -0.149. The molecule has 2 unspecified atom stereocenters. The Labute approximate surface area is 214 Å². The van der Waals surface area contributed by atoms with Gasteiger partial charge in [0.1, 0.15) is 0 Å². The summed E-state index contributed by atoms with van der Waals surface area (Å²) in [5, 5.41) is 0.552. The highest BCUT2D eigenvalue weighted by Gasteiger charge is 2.61. The first-order chi connectivity index (χ1) is 16.9. The summed E-state index contributed by atoms with van der Waals surface area (Å²) in [7, 11) is 0. The van der Waals surface area contributed by atoms with Crippen LogP contribution in [0.2, 0.25) is 5.02 Å². The van der Waals surface area contributed by atoms with Crippen LogP contribution in [0.15, 0.2) is 42.5 Å². The number of halogens is 1. The maximum Gasteiger partial charge on any atom is 0.310 e. The van der Waals surface area contributed by atoms with Crippen molar-refractivity contribution in [2.75, 3.05) is 41.9 Å². The van der Waals surface area contributed by atoms with Crippen LogP contribution in [0.3, 0.4) is 0 Å². The Morgan fingerprint density at radius 3 is 2.80 bits per heavy atom. The van der Waals surface area contributed by atoms with E-state index in [9.17, 15) is 14.4 Å².